The van der Waals surface area contributed by atoms with E-state index in [1.807, 2.05) is 60.7 Å². The molecule has 0 aliphatic heterocycles. The molecule has 4 aromatic carbocycles. The van der Waals surface area contributed by atoms with Crippen LogP contribution in [0.2, 0.25) is 0 Å². The Kier molecular flexibility index (Phi) is 12.7. The van der Waals surface area contributed by atoms with Crippen molar-refractivity contribution in [2.45, 2.75) is 32.8 Å². The van der Waals surface area contributed by atoms with Crippen molar-refractivity contribution in [2.24, 2.45) is 0 Å². The van der Waals surface area contributed by atoms with Gasteiger partial charge in [-0.15, -0.1) is 46.7 Å². The van der Waals surface area contributed by atoms with Crippen LogP contribution < -0.4 is 24.8 Å². The van der Waals surface area contributed by atoms with Crippen molar-refractivity contribution < 1.29 is 51.6 Å². The van der Waals surface area contributed by atoms with Gasteiger partial charge < -0.3 is 29.9 Å². The molecule has 4 aromatic rings. The van der Waals surface area contributed by atoms with Crippen molar-refractivity contribution in [1.29, 1.82) is 0 Å². The molecular formula is C31H29Cl2OTi. The van der Waals surface area contributed by atoms with E-state index in [-0.39, 0.29) is 46.5 Å². The number of allylic oxidation sites excluding steroid dienone is 4. The minimum Gasteiger partial charge on any atom is -1.00 e. The molecule has 0 amide bonds. The molecule has 5 rings (SSSR count). The Morgan fingerprint density at radius 2 is 1.20 bits per heavy atom. The van der Waals surface area contributed by atoms with Crippen molar-refractivity contribution in [3.63, 3.8) is 0 Å². The molecule has 35 heavy (non-hydrogen) atoms. The minimum absolute atomic E-state index is 0. The molecule has 177 valence electrons. The van der Waals surface area contributed by atoms with Gasteiger partial charge in [-0.1, -0.05) is 95.6 Å². The third-order valence-electron chi connectivity index (χ3n) is 6.18. The quantitative estimate of drug-likeness (QED) is 0.313. The van der Waals surface area contributed by atoms with Gasteiger partial charge in [0.2, 0.25) is 0 Å². The topological polar surface area (TPSA) is 20.2 Å². The second-order valence-electron chi connectivity index (χ2n) is 8.41. The molecule has 1 aliphatic rings. The van der Waals surface area contributed by atoms with Crippen molar-refractivity contribution in [3.8, 4) is 0 Å². The number of rotatable bonds is 3. The van der Waals surface area contributed by atoms with E-state index < -0.39 is 6.10 Å². The SMILES string of the molecule is CC1=CC(C)=C(C)C1c1[c-]c2ccccc2cc1.OC(c1ccccc1)c1ccccc1.[Cl-].[Cl-].[Ti+3]. The van der Waals surface area contributed by atoms with Gasteiger partial charge in [-0.05, 0) is 31.9 Å². The van der Waals surface area contributed by atoms with Crippen LogP contribution in [0.1, 0.15) is 49.5 Å². The molecule has 4 heteroatoms. The molecule has 1 nitrogen and oxygen atoms in total. The Bertz CT molecular complexity index is 1230. The van der Waals surface area contributed by atoms with E-state index in [1.54, 1.807) is 0 Å². The standard InChI is InChI=1S/C18H17.C13H12O.2ClH.Ti/c1-12-10-13(2)18(14(12)3)17-9-8-15-6-4-5-7-16(15)11-17;14-13(11-7-3-1-4-8-11)12-9-5-2-6-10-12;;;/h4-10,18H,1-3H3;1-10,13-14H;2*1H;/q-1;;;;+3/p-2. The first-order valence-electron chi connectivity index (χ1n) is 11.1. The molecular weight excluding hydrogens is 507 g/mol. The molecule has 0 bridgehead atoms. The monoisotopic (exact) mass is 535 g/mol. The van der Waals surface area contributed by atoms with Crippen LogP contribution in [-0.2, 0) is 21.7 Å². The van der Waals surface area contributed by atoms with Crippen molar-refractivity contribution in [2.75, 3.05) is 0 Å². The fourth-order valence-electron chi connectivity index (χ4n) is 4.35. The summed E-state index contributed by atoms with van der Waals surface area (Å²) in [6, 6.07) is 35.8. The maximum absolute atomic E-state index is 9.99. The van der Waals surface area contributed by atoms with Gasteiger partial charge in [-0.3, -0.25) is 0 Å². The van der Waals surface area contributed by atoms with E-state index in [4.69, 9.17) is 0 Å². The molecule has 0 saturated carbocycles. The van der Waals surface area contributed by atoms with Gasteiger partial charge in [0.15, 0.2) is 0 Å². The van der Waals surface area contributed by atoms with Crippen LogP contribution in [0, 0.1) is 6.07 Å². The van der Waals surface area contributed by atoms with E-state index in [2.05, 4.69) is 69.3 Å². The largest absolute Gasteiger partial charge is 3.00 e. The predicted molar refractivity (Wildman–Crippen MR) is 135 cm³/mol. The third-order valence-corrected chi connectivity index (χ3v) is 6.18. The molecule has 0 heterocycles. The van der Waals surface area contributed by atoms with E-state index in [0.29, 0.717) is 5.92 Å². The predicted octanol–water partition coefficient (Wildman–Crippen LogP) is 1.79. The first kappa shape index (κ1) is 30.9. The summed E-state index contributed by atoms with van der Waals surface area (Å²) in [4.78, 5) is 0. The fraction of sp³-hybridized carbons (Fsp3) is 0.161. The number of halogens is 2. The Balaban J connectivity index is 0.000000331. The molecule has 1 N–H and O–H groups in total. The average molecular weight is 536 g/mol. The summed E-state index contributed by atoms with van der Waals surface area (Å²) in [6.07, 6.45) is 1.78. The van der Waals surface area contributed by atoms with Gasteiger partial charge in [0.25, 0.3) is 0 Å². The zero-order chi connectivity index (χ0) is 22.5. The summed E-state index contributed by atoms with van der Waals surface area (Å²) in [6.45, 7) is 6.64. The van der Waals surface area contributed by atoms with Gasteiger partial charge in [-0.2, -0.15) is 0 Å². The van der Waals surface area contributed by atoms with Crippen LogP contribution in [0.5, 0.6) is 0 Å². The van der Waals surface area contributed by atoms with Crippen LogP contribution in [0.3, 0.4) is 0 Å². The van der Waals surface area contributed by atoms with Crippen LogP contribution in [0.4, 0.5) is 0 Å². The maximum Gasteiger partial charge on any atom is 3.00 e. The Morgan fingerprint density at radius 3 is 1.71 bits per heavy atom. The number of aliphatic hydroxyl groups is 1. The van der Waals surface area contributed by atoms with Crippen LogP contribution in [-0.4, -0.2) is 5.11 Å². The van der Waals surface area contributed by atoms with E-state index in [1.165, 1.54) is 33.1 Å². The summed E-state index contributed by atoms with van der Waals surface area (Å²) in [5.41, 5.74) is 7.43. The molecule has 0 aromatic heterocycles. The van der Waals surface area contributed by atoms with Crippen LogP contribution in [0.25, 0.3) is 10.8 Å². The molecule has 0 saturated heterocycles. The van der Waals surface area contributed by atoms with E-state index in [0.717, 1.165) is 11.1 Å². The van der Waals surface area contributed by atoms with Gasteiger partial charge in [0, 0.05) is 5.92 Å². The second kappa shape index (κ2) is 14.4. The van der Waals surface area contributed by atoms with Crippen LogP contribution in [0.15, 0.2) is 120 Å². The molecule has 0 fully saturated rings. The Morgan fingerprint density at radius 1 is 0.686 bits per heavy atom. The maximum atomic E-state index is 9.99. The molecule has 1 aliphatic carbocycles. The molecule has 1 radical (unpaired) electrons. The second-order valence-corrected chi connectivity index (χ2v) is 8.41. The zero-order valence-electron chi connectivity index (χ0n) is 20.2. The number of fused-ring (bicyclic) bond motifs is 1. The third kappa shape index (κ3) is 7.43. The van der Waals surface area contributed by atoms with Crippen molar-refractivity contribution in [3.05, 3.63) is 143 Å². The molecule has 1 unspecified atom stereocenters. The summed E-state index contributed by atoms with van der Waals surface area (Å²) in [5, 5.41) is 12.5. The number of aliphatic hydroxyl groups excluding tert-OH is 1. The summed E-state index contributed by atoms with van der Waals surface area (Å²) in [5.74, 6) is 0.426. The van der Waals surface area contributed by atoms with Gasteiger partial charge in [0.1, 0.15) is 6.10 Å². The first-order valence-corrected chi connectivity index (χ1v) is 11.1. The van der Waals surface area contributed by atoms with Gasteiger partial charge in [-0.25, -0.2) is 0 Å². The smallest absolute Gasteiger partial charge is 1.00 e. The zero-order valence-corrected chi connectivity index (χ0v) is 23.2. The number of hydrogen-bond donors (Lipinski definition) is 1. The van der Waals surface area contributed by atoms with Gasteiger partial charge in [0.05, 0.1) is 0 Å². The van der Waals surface area contributed by atoms with Crippen molar-refractivity contribution >= 4 is 10.8 Å². The number of hydrogen-bond acceptors (Lipinski definition) is 1. The van der Waals surface area contributed by atoms with E-state index in [9.17, 15) is 5.11 Å². The Labute approximate surface area is 236 Å². The minimum atomic E-state index is -0.516. The molecule has 0 spiro atoms. The summed E-state index contributed by atoms with van der Waals surface area (Å²) < 4.78 is 0. The molecule has 1 atom stereocenters. The van der Waals surface area contributed by atoms with E-state index >= 15 is 0 Å². The average Bonchev–Trinajstić information content (AvgIpc) is 3.10. The normalized spacial score (nSPS) is 14.2. The number of benzene rings is 4. The van der Waals surface area contributed by atoms with Crippen molar-refractivity contribution in [1.82, 2.24) is 0 Å². The Hall–Kier alpha value is -2.13. The summed E-state index contributed by atoms with van der Waals surface area (Å²) >= 11 is 0. The van der Waals surface area contributed by atoms with Gasteiger partial charge >= 0.3 is 21.7 Å². The summed E-state index contributed by atoms with van der Waals surface area (Å²) in [7, 11) is 0. The van der Waals surface area contributed by atoms with Crippen LogP contribution >= 0.6 is 0 Å². The fourth-order valence-corrected chi connectivity index (χ4v) is 4.35. The first-order chi connectivity index (χ1) is 15.5.